The van der Waals surface area contributed by atoms with Crippen molar-refractivity contribution in [1.29, 1.82) is 0 Å². The average molecular weight is 385 g/mol. The van der Waals surface area contributed by atoms with Crippen molar-refractivity contribution in [3.05, 3.63) is 47.8 Å². The Morgan fingerprint density at radius 1 is 1.25 bits per heavy atom. The van der Waals surface area contributed by atoms with E-state index in [-0.39, 0.29) is 35.6 Å². The second-order valence-electron chi connectivity index (χ2n) is 7.06. The molecule has 1 saturated carbocycles. The van der Waals surface area contributed by atoms with Gasteiger partial charge in [0.05, 0.1) is 18.3 Å². The Hall–Kier alpha value is -2.74. The highest BCUT2D eigenvalue weighted by Gasteiger charge is 2.35. The van der Waals surface area contributed by atoms with Crippen LogP contribution in [0.15, 0.2) is 36.5 Å². The highest BCUT2D eigenvalue weighted by Crippen LogP contribution is 2.27. The van der Waals surface area contributed by atoms with Crippen molar-refractivity contribution in [1.82, 2.24) is 26.0 Å². The molecule has 3 N–H and O–H groups in total. The molecule has 0 aliphatic heterocycles. The summed E-state index contributed by atoms with van der Waals surface area (Å²) in [6, 6.07) is 9.70. The predicted octanol–water partition coefficient (Wildman–Crippen LogP) is 1.81. The second kappa shape index (κ2) is 9.98. The van der Waals surface area contributed by atoms with Gasteiger partial charge in [0.2, 0.25) is 5.91 Å². The number of hydrogen-bond acceptors (Lipinski definition) is 5. The minimum Gasteiger partial charge on any atom is -0.376 e. The van der Waals surface area contributed by atoms with Crippen molar-refractivity contribution >= 4 is 11.8 Å². The third-order valence-electron chi connectivity index (χ3n) is 4.97. The number of rotatable bonds is 8. The number of hydrogen-bond donors (Lipinski definition) is 3. The third-order valence-corrected chi connectivity index (χ3v) is 4.97. The number of aromatic amines is 1. The van der Waals surface area contributed by atoms with Crippen molar-refractivity contribution in [3.8, 4) is 0 Å². The topological polar surface area (TPSA) is 109 Å². The van der Waals surface area contributed by atoms with Gasteiger partial charge in [-0.2, -0.15) is 15.4 Å². The normalized spacial score (nSPS) is 21.8. The van der Waals surface area contributed by atoms with Crippen LogP contribution in [-0.2, 0) is 16.1 Å². The average Bonchev–Trinajstić information content (AvgIpc) is 3.27. The summed E-state index contributed by atoms with van der Waals surface area (Å²) < 4.78 is 5.97. The fraction of sp³-hybridized carbons (Fsp3) is 0.500. The SMILES string of the molecule is CCCO[C@@H]1C[C@@H](C(=O)NCc2ccccc2)CC[C@H]1NC(=O)c1cn[nH]n1. The number of carbonyl (C=O) groups is 2. The first kappa shape index (κ1) is 20.0. The Kier molecular flexibility index (Phi) is 7.13. The van der Waals surface area contributed by atoms with Gasteiger partial charge in [0.25, 0.3) is 5.91 Å². The van der Waals surface area contributed by atoms with E-state index >= 15 is 0 Å². The maximum atomic E-state index is 12.6. The van der Waals surface area contributed by atoms with Gasteiger partial charge >= 0.3 is 0 Å². The number of carbonyl (C=O) groups excluding carboxylic acids is 2. The molecule has 3 atom stereocenters. The zero-order valence-corrected chi connectivity index (χ0v) is 16.1. The van der Waals surface area contributed by atoms with E-state index in [1.54, 1.807) is 0 Å². The molecule has 28 heavy (non-hydrogen) atoms. The molecule has 3 rings (SSSR count). The summed E-state index contributed by atoms with van der Waals surface area (Å²) in [6.07, 6.45) is 4.05. The summed E-state index contributed by atoms with van der Waals surface area (Å²) in [4.78, 5) is 24.9. The Balaban J connectivity index is 1.56. The van der Waals surface area contributed by atoms with Gasteiger partial charge in [-0.3, -0.25) is 9.59 Å². The Morgan fingerprint density at radius 2 is 2.07 bits per heavy atom. The monoisotopic (exact) mass is 385 g/mol. The number of aromatic nitrogens is 3. The van der Waals surface area contributed by atoms with Crippen molar-refractivity contribution in [2.45, 2.75) is 51.3 Å². The molecule has 8 heteroatoms. The van der Waals surface area contributed by atoms with Crippen LogP contribution in [0.1, 0.15) is 48.7 Å². The van der Waals surface area contributed by atoms with Gasteiger partial charge in [-0.05, 0) is 31.2 Å². The van der Waals surface area contributed by atoms with E-state index in [2.05, 4.69) is 26.0 Å². The molecule has 2 amide bonds. The van der Waals surface area contributed by atoms with E-state index in [4.69, 9.17) is 4.74 Å². The van der Waals surface area contributed by atoms with Gasteiger partial charge in [0, 0.05) is 19.1 Å². The van der Waals surface area contributed by atoms with Gasteiger partial charge in [0.15, 0.2) is 5.69 Å². The van der Waals surface area contributed by atoms with E-state index in [1.165, 1.54) is 6.20 Å². The number of amides is 2. The number of nitrogens with zero attached hydrogens (tertiary/aromatic N) is 2. The van der Waals surface area contributed by atoms with Crippen LogP contribution in [-0.4, -0.2) is 46.0 Å². The molecule has 1 heterocycles. The van der Waals surface area contributed by atoms with E-state index in [0.717, 1.165) is 12.0 Å². The minimum absolute atomic E-state index is 0.0372. The summed E-state index contributed by atoms with van der Waals surface area (Å²) in [5.41, 5.74) is 1.32. The van der Waals surface area contributed by atoms with Gasteiger partial charge < -0.3 is 15.4 Å². The summed E-state index contributed by atoms with van der Waals surface area (Å²) in [5.74, 6) is -0.364. The molecule has 1 aromatic heterocycles. The van der Waals surface area contributed by atoms with Crippen molar-refractivity contribution in [2.24, 2.45) is 5.92 Å². The molecule has 150 valence electrons. The van der Waals surface area contributed by atoms with Crippen LogP contribution in [0.2, 0.25) is 0 Å². The van der Waals surface area contributed by atoms with Crippen LogP contribution in [0.3, 0.4) is 0 Å². The minimum atomic E-state index is -0.282. The first-order valence-electron chi connectivity index (χ1n) is 9.77. The summed E-state index contributed by atoms with van der Waals surface area (Å²) >= 11 is 0. The summed E-state index contributed by atoms with van der Waals surface area (Å²) in [5, 5.41) is 15.9. The van der Waals surface area contributed by atoms with E-state index in [0.29, 0.717) is 32.4 Å². The van der Waals surface area contributed by atoms with Gasteiger partial charge in [-0.25, -0.2) is 0 Å². The van der Waals surface area contributed by atoms with E-state index in [1.807, 2.05) is 37.3 Å². The molecule has 0 unspecified atom stereocenters. The van der Waals surface area contributed by atoms with Crippen molar-refractivity contribution in [2.75, 3.05) is 6.61 Å². The molecule has 0 spiro atoms. The first-order chi connectivity index (χ1) is 13.7. The van der Waals surface area contributed by atoms with Crippen LogP contribution in [0, 0.1) is 5.92 Å². The third kappa shape index (κ3) is 5.39. The smallest absolute Gasteiger partial charge is 0.273 e. The molecular weight excluding hydrogens is 358 g/mol. The largest absolute Gasteiger partial charge is 0.376 e. The predicted molar refractivity (Wildman–Crippen MR) is 103 cm³/mol. The maximum absolute atomic E-state index is 12.6. The summed E-state index contributed by atoms with van der Waals surface area (Å²) in [7, 11) is 0. The molecule has 1 aliphatic rings. The zero-order chi connectivity index (χ0) is 19.8. The lowest BCUT2D eigenvalue weighted by molar-refractivity contribution is -0.128. The lowest BCUT2D eigenvalue weighted by atomic mass is 9.83. The Bertz CT molecular complexity index is 750. The fourth-order valence-electron chi connectivity index (χ4n) is 3.47. The molecule has 1 aromatic carbocycles. The van der Waals surface area contributed by atoms with Gasteiger partial charge in [0.1, 0.15) is 0 Å². The van der Waals surface area contributed by atoms with E-state index in [9.17, 15) is 9.59 Å². The number of H-pyrrole nitrogens is 1. The molecule has 2 aromatic rings. The molecular formula is C20H27N5O3. The van der Waals surface area contributed by atoms with Crippen LogP contribution in [0.5, 0.6) is 0 Å². The van der Waals surface area contributed by atoms with Crippen LogP contribution < -0.4 is 10.6 Å². The fourth-order valence-corrected chi connectivity index (χ4v) is 3.47. The van der Waals surface area contributed by atoms with E-state index < -0.39 is 0 Å². The molecule has 1 fully saturated rings. The highest BCUT2D eigenvalue weighted by molar-refractivity contribution is 5.92. The number of ether oxygens (including phenoxy) is 1. The van der Waals surface area contributed by atoms with Gasteiger partial charge in [-0.1, -0.05) is 37.3 Å². The standard InChI is InChI=1S/C20H27N5O3/c1-2-10-28-18-11-15(19(26)21-12-14-6-4-3-5-7-14)8-9-16(18)23-20(27)17-13-22-25-24-17/h3-7,13,15-16,18H,2,8-12H2,1H3,(H,21,26)(H,23,27)(H,22,24,25)/t15-,16+,18+/m0/s1. The number of benzene rings is 1. The van der Waals surface area contributed by atoms with Crippen molar-refractivity contribution in [3.63, 3.8) is 0 Å². The number of nitrogens with one attached hydrogen (secondary N) is 3. The summed E-state index contributed by atoms with van der Waals surface area (Å²) in [6.45, 7) is 3.15. The van der Waals surface area contributed by atoms with Crippen molar-refractivity contribution < 1.29 is 14.3 Å². The lowest BCUT2D eigenvalue weighted by Gasteiger charge is -2.35. The maximum Gasteiger partial charge on any atom is 0.273 e. The first-order valence-corrected chi connectivity index (χ1v) is 9.77. The second-order valence-corrected chi connectivity index (χ2v) is 7.06. The quantitative estimate of drug-likeness (QED) is 0.642. The lowest BCUT2D eigenvalue weighted by Crippen LogP contribution is -2.50. The Morgan fingerprint density at radius 3 is 2.79 bits per heavy atom. The van der Waals surface area contributed by atoms with Gasteiger partial charge in [-0.15, -0.1) is 0 Å². The highest BCUT2D eigenvalue weighted by atomic mass is 16.5. The molecule has 0 saturated heterocycles. The molecule has 1 aliphatic carbocycles. The molecule has 8 nitrogen and oxygen atoms in total. The zero-order valence-electron chi connectivity index (χ0n) is 16.1. The Labute approximate surface area is 164 Å². The molecule has 0 bridgehead atoms. The van der Waals surface area contributed by atoms with Crippen LogP contribution in [0.4, 0.5) is 0 Å². The molecule has 0 radical (unpaired) electrons. The van der Waals surface area contributed by atoms with Crippen LogP contribution >= 0.6 is 0 Å². The van der Waals surface area contributed by atoms with Crippen LogP contribution in [0.25, 0.3) is 0 Å².